The molecule has 1 fully saturated rings. The second kappa shape index (κ2) is 6.22. The minimum atomic E-state index is -4.43. The Kier molecular flexibility index (Phi) is 4.21. The molecule has 4 nitrogen and oxygen atoms in total. The smallest absolute Gasteiger partial charge is 0.416 e. The molecule has 0 radical (unpaired) electrons. The van der Waals surface area contributed by atoms with Crippen LogP contribution in [0.3, 0.4) is 0 Å². The molecule has 0 spiro atoms. The molecule has 2 aliphatic carbocycles. The van der Waals surface area contributed by atoms with Crippen LogP contribution in [0.1, 0.15) is 33.0 Å². The van der Waals surface area contributed by atoms with Gasteiger partial charge in [-0.1, -0.05) is 28.7 Å². The second-order valence-corrected chi connectivity index (χ2v) is 7.35. The van der Waals surface area contributed by atoms with Crippen molar-refractivity contribution in [1.82, 2.24) is 0 Å². The van der Waals surface area contributed by atoms with Gasteiger partial charge in [-0.25, -0.2) is 0 Å². The first-order valence-corrected chi connectivity index (χ1v) is 9.60. The molecular formula is C19H12F3IO4. The Morgan fingerprint density at radius 2 is 1.89 bits per heavy atom. The quantitative estimate of drug-likeness (QED) is 0.484. The number of hydrogen-bond donors (Lipinski definition) is 1. The van der Waals surface area contributed by atoms with Crippen molar-refractivity contribution in [3.8, 4) is 11.5 Å². The third-order valence-corrected chi connectivity index (χ3v) is 5.84. The fraction of sp³-hybridized carbons (Fsp3) is 0.263. The van der Waals surface area contributed by atoms with Gasteiger partial charge in [-0.05, 0) is 35.9 Å². The van der Waals surface area contributed by atoms with E-state index < -0.39 is 29.5 Å². The van der Waals surface area contributed by atoms with E-state index >= 15 is 0 Å². The van der Waals surface area contributed by atoms with Gasteiger partial charge >= 0.3 is 12.1 Å². The van der Waals surface area contributed by atoms with E-state index in [1.165, 1.54) is 12.1 Å². The zero-order valence-corrected chi connectivity index (χ0v) is 15.7. The molecule has 0 aromatic heterocycles. The summed E-state index contributed by atoms with van der Waals surface area (Å²) in [6.45, 7) is 0. The number of rotatable bonds is 4. The maximum absolute atomic E-state index is 12.9. The summed E-state index contributed by atoms with van der Waals surface area (Å²) >= 11 is 1.96. The van der Waals surface area contributed by atoms with E-state index in [4.69, 9.17) is 9.84 Å². The van der Waals surface area contributed by atoms with E-state index in [1.807, 2.05) is 22.6 Å². The van der Waals surface area contributed by atoms with Crippen LogP contribution >= 0.6 is 22.6 Å². The first-order valence-electron chi connectivity index (χ1n) is 8.07. The van der Waals surface area contributed by atoms with E-state index in [1.54, 1.807) is 12.1 Å². The van der Waals surface area contributed by atoms with E-state index in [0.29, 0.717) is 26.9 Å². The number of fused-ring (bicyclic) bond motifs is 3. The number of ketones is 1. The fourth-order valence-electron chi connectivity index (χ4n) is 3.70. The fourth-order valence-corrected chi connectivity index (χ4v) is 4.30. The van der Waals surface area contributed by atoms with Gasteiger partial charge in [0.2, 0.25) is 0 Å². The molecular weight excluding hydrogens is 476 g/mol. The molecule has 1 saturated carbocycles. The molecule has 0 aliphatic heterocycles. The molecule has 1 N–H and O–H groups in total. The van der Waals surface area contributed by atoms with Crippen molar-refractivity contribution in [3.05, 3.63) is 58.7 Å². The topological polar surface area (TPSA) is 63.6 Å². The number of carbonyl (C=O) groups is 2. The summed E-state index contributed by atoms with van der Waals surface area (Å²) in [5, 5.41) is 9.13. The predicted octanol–water partition coefficient (Wildman–Crippen LogP) is 5.04. The average Bonchev–Trinajstić information content (AvgIpc) is 3.29. The first kappa shape index (κ1) is 18.3. The van der Waals surface area contributed by atoms with E-state index in [9.17, 15) is 22.8 Å². The van der Waals surface area contributed by atoms with Crippen LogP contribution in [-0.2, 0) is 15.4 Å². The second-order valence-electron chi connectivity index (χ2n) is 6.58. The Balaban J connectivity index is 1.61. The number of aliphatic carboxylic acids is 1. The standard InChI is InChI=1S/C19H12F3IO4/c20-19(21,22)9-1-4-13(8(5-9)7-23)27-10-2-3-11-12(6-10)17(24)15-14(11)16(15)18(25)26/h1-6,14-16H,7H2,(H,25,26)/t14-,15+,16+/m0/s1. The van der Waals surface area contributed by atoms with Gasteiger partial charge in [0.1, 0.15) is 11.5 Å². The maximum atomic E-state index is 12.9. The van der Waals surface area contributed by atoms with Crippen molar-refractivity contribution < 1.29 is 32.6 Å². The van der Waals surface area contributed by atoms with Crippen molar-refractivity contribution in [1.29, 1.82) is 0 Å². The Labute approximate surface area is 165 Å². The Hall–Kier alpha value is -2.10. The van der Waals surface area contributed by atoms with Crippen molar-refractivity contribution in [2.24, 2.45) is 11.8 Å². The number of alkyl halides is 4. The highest BCUT2D eigenvalue weighted by atomic mass is 127. The number of hydrogen-bond acceptors (Lipinski definition) is 3. The van der Waals surface area contributed by atoms with Gasteiger partial charge in [-0.15, -0.1) is 0 Å². The first-order chi connectivity index (χ1) is 12.7. The van der Waals surface area contributed by atoms with E-state index in [2.05, 4.69) is 0 Å². The van der Waals surface area contributed by atoms with Gasteiger partial charge in [0, 0.05) is 27.4 Å². The summed E-state index contributed by atoms with van der Waals surface area (Å²) in [5.41, 5.74) is 0.783. The zero-order valence-electron chi connectivity index (χ0n) is 13.6. The lowest BCUT2D eigenvalue weighted by atomic mass is 10.0. The molecule has 0 saturated heterocycles. The van der Waals surface area contributed by atoms with Crippen molar-refractivity contribution in [2.45, 2.75) is 16.5 Å². The molecule has 0 unspecified atom stereocenters. The molecule has 140 valence electrons. The molecule has 0 bridgehead atoms. The van der Waals surface area contributed by atoms with Crippen LogP contribution in [0.15, 0.2) is 36.4 Å². The summed E-state index contributed by atoms with van der Waals surface area (Å²) in [6.07, 6.45) is -4.43. The highest BCUT2D eigenvalue weighted by molar-refractivity contribution is 14.1. The largest absolute Gasteiger partial charge is 0.481 e. The zero-order chi connectivity index (χ0) is 19.5. The van der Waals surface area contributed by atoms with Gasteiger partial charge in [0.15, 0.2) is 5.78 Å². The normalized spacial score (nSPS) is 23.0. The lowest BCUT2D eigenvalue weighted by Gasteiger charge is -2.14. The monoisotopic (exact) mass is 488 g/mol. The number of ether oxygens (including phenoxy) is 1. The SMILES string of the molecule is O=C(O)[C@H]1[C@@H]2C(=O)c3cc(Oc4ccc(C(F)(F)F)cc4CI)ccc3[C@H]12. The number of carbonyl (C=O) groups excluding carboxylic acids is 1. The highest BCUT2D eigenvalue weighted by Crippen LogP contribution is 2.61. The van der Waals surface area contributed by atoms with Crippen molar-refractivity contribution in [2.75, 3.05) is 0 Å². The molecule has 0 amide bonds. The molecule has 2 aliphatic rings. The van der Waals surface area contributed by atoms with E-state index in [-0.39, 0.29) is 17.5 Å². The van der Waals surface area contributed by atoms with Crippen LogP contribution in [0.25, 0.3) is 0 Å². The van der Waals surface area contributed by atoms with Gasteiger partial charge in [-0.3, -0.25) is 9.59 Å². The minimum absolute atomic E-state index is 0.214. The van der Waals surface area contributed by atoms with Gasteiger partial charge in [0.05, 0.1) is 11.5 Å². The predicted molar refractivity (Wildman–Crippen MR) is 97.4 cm³/mol. The third kappa shape index (κ3) is 2.99. The van der Waals surface area contributed by atoms with Crippen molar-refractivity contribution >= 4 is 34.3 Å². The summed E-state index contributed by atoms with van der Waals surface area (Å²) in [6, 6.07) is 8.09. The Morgan fingerprint density at radius 3 is 2.52 bits per heavy atom. The van der Waals surface area contributed by atoms with Crippen LogP contribution in [0.2, 0.25) is 0 Å². The van der Waals surface area contributed by atoms with Gasteiger partial charge < -0.3 is 9.84 Å². The minimum Gasteiger partial charge on any atom is -0.481 e. The number of Topliss-reactive ketones (excluding diaryl/α,β-unsaturated/α-hetero) is 1. The van der Waals surface area contributed by atoms with Crippen LogP contribution in [0, 0.1) is 11.8 Å². The lowest BCUT2D eigenvalue weighted by molar-refractivity contribution is -0.139. The summed E-state index contributed by atoms with van der Waals surface area (Å²) in [7, 11) is 0. The Morgan fingerprint density at radius 1 is 1.15 bits per heavy atom. The Bertz CT molecular complexity index is 970. The van der Waals surface area contributed by atoms with Crippen LogP contribution in [-0.4, -0.2) is 16.9 Å². The maximum Gasteiger partial charge on any atom is 0.416 e. The number of benzene rings is 2. The number of carboxylic acids is 1. The molecule has 8 heteroatoms. The van der Waals surface area contributed by atoms with E-state index in [0.717, 1.165) is 12.1 Å². The average molecular weight is 488 g/mol. The third-order valence-electron chi connectivity index (χ3n) is 5.02. The van der Waals surface area contributed by atoms with Gasteiger partial charge in [0.25, 0.3) is 0 Å². The van der Waals surface area contributed by atoms with Crippen LogP contribution < -0.4 is 4.74 Å². The van der Waals surface area contributed by atoms with Crippen LogP contribution in [0.4, 0.5) is 13.2 Å². The molecule has 2 aromatic rings. The van der Waals surface area contributed by atoms with Crippen LogP contribution in [0.5, 0.6) is 11.5 Å². The number of carboxylic acid groups (broad SMARTS) is 1. The number of halogens is 4. The highest BCUT2D eigenvalue weighted by Gasteiger charge is 2.64. The molecule has 4 rings (SSSR count). The summed E-state index contributed by atoms with van der Waals surface area (Å²) < 4.78 is 44.6. The molecule has 0 heterocycles. The molecule has 2 aromatic carbocycles. The van der Waals surface area contributed by atoms with Gasteiger partial charge in [-0.2, -0.15) is 13.2 Å². The summed E-state index contributed by atoms with van der Waals surface area (Å²) in [4.78, 5) is 23.5. The lowest BCUT2D eigenvalue weighted by Crippen LogP contribution is -2.10. The molecule has 27 heavy (non-hydrogen) atoms. The van der Waals surface area contributed by atoms with Crippen molar-refractivity contribution in [3.63, 3.8) is 0 Å². The molecule has 3 atom stereocenters. The summed E-state index contributed by atoms with van der Waals surface area (Å²) in [5.74, 6) is -2.01.